The molecule has 0 aliphatic heterocycles. The number of pyridine rings is 2. The lowest BCUT2D eigenvalue weighted by Crippen LogP contribution is -2.09. The SMILES string of the molecule is Cc1cc2ccnc(N)c2[nH]c1=O. The Balaban J connectivity index is 2.97. The smallest absolute Gasteiger partial charge is 0.251 e. The normalized spacial score (nSPS) is 10.5. The number of aromatic nitrogens is 2. The third-order valence-electron chi connectivity index (χ3n) is 1.98. The van der Waals surface area contributed by atoms with E-state index in [-0.39, 0.29) is 5.56 Å². The van der Waals surface area contributed by atoms with Gasteiger partial charge in [-0.2, -0.15) is 0 Å². The van der Waals surface area contributed by atoms with Crippen LogP contribution in [0.25, 0.3) is 10.9 Å². The molecule has 66 valence electrons. The number of nitrogens with zero attached hydrogens (tertiary/aromatic N) is 1. The molecule has 0 aliphatic rings. The molecule has 0 spiro atoms. The lowest BCUT2D eigenvalue weighted by atomic mass is 10.2. The van der Waals surface area contributed by atoms with Crippen molar-refractivity contribution in [3.63, 3.8) is 0 Å². The first kappa shape index (κ1) is 7.79. The minimum Gasteiger partial charge on any atom is -0.382 e. The fourth-order valence-electron chi connectivity index (χ4n) is 1.26. The summed E-state index contributed by atoms with van der Waals surface area (Å²) in [7, 11) is 0. The van der Waals surface area contributed by atoms with Crippen molar-refractivity contribution in [2.24, 2.45) is 0 Å². The minimum atomic E-state index is -0.118. The van der Waals surface area contributed by atoms with Crippen LogP contribution in [0.4, 0.5) is 5.82 Å². The van der Waals surface area contributed by atoms with Crippen molar-refractivity contribution in [3.05, 3.63) is 34.2 Å². The fraction of sp³-hybridized carbons (Fsp3) is 0.111. The number of anilines is 1. The summed E-state index contributed by atoms with van der Waals surface area (Å²) in [6, 6.07) is 3.61. The maximum atomic E-state index is 11.2. The van der Waals surface area contributed by atoms with Crippen LogP contribution in [-0.4, -0.2) is 9.97 Å². The Kier molecular flexibility index (Phi) is 1.55. The Morgan fingerprint density at radius 1 is 1.54 bits per heavy atom. The van der Waals surface area contributed by atoms with Crippen molar-refractivity contribution in [2.75, 3.05) is 5.73 Å². The van der Waals surface area contributed by atoms with E-state index in [2.05, 4.69) is 9.97 Å². The van der Waals surface area contributed by atoms with Crippen LogP contribution in [0, 0.1) is 6.92 Å². The summed E-state index contributed by atoms with van der Waals surface area (Å²) in [5.74, 6) is 0.356. The first-order valence-electron chi connectivity index (χ1n) is 3.92. The summed E-state index contributed by atoms with van der Waals surface area (Å²) in [5, 5.41) is 0.907. The first-order valence-corrected chi connectivity index (χ1v) is 3.92. The number of hydrogen-bond acceptors (Lipinski definition) is 3. The average Bonchev–Trinajstić information content (AvgIpc) is 2.09. The van der Waals surface area contributed by atoms with Gasteiger partial charge >= 0.3 is 0 Å². The molecule has 2 aromatic rings. The summed E-state index contributed by atoms with van der Waals surface area (Å²) in [6.45, 7) is 1.76. The van der Waals surface area contributed by atoms with Gasteiger partial charge < -0.3 is 10.7 Å². The van der Waals surface area contributed by atoms with Crippen molar-refractivity contribution in [2.45, 2.75) is 6.92 Å². The quantitative estimate of drug-likeness (QED) is 0.622. The van der Waals surface area contributed by atoms with Crippen molar-refractivity contribution >= 4 is 16.7 Å². The van der Waals surface area contributed by atoms with Gasteiger partial charge in [-0.05, 0) is 19.1 Å². The molecule has 0 unspecified atom stereocenters. The maximum Gasteiger partial charge on any atom is 0.251 e. The van der Waals surface area contributed by atoms with Crippen LogP contribution < -0.4 is 11.3 Å². The highest BCUT2D eigenvalue weighted by Gasteiger charge is 2.01. The molecule has 2 heterocycles. The number of aryl methyl sites for hydroxylation is 1. The first-order chi connectivity index (χ1) is 6.18. The molecule has 0 radical (unpaired) electrons. The average molecular weight is 175 g/mol. The molecule has 0 atom stereocenters. The molecule has 0 fully saturated rings. The molecule has 4 nitrogen and oxygen atoms in total. The van der Waals surface area contributed by atoms with Crippen molar-refractivity contribution < 1.29 is 0 Å². The van der Waals surface area contributed by atoms with E-state index >= 15 is 0 Å². The van der Waals surface area contributed by atoms with E-state index in [0.717, 1.165) is 5.39 Å². The second-order valence-electron chi connectivity index (χ2n) is 2.94. The molecule has 13 heavy (non-hydrogen) atoms. The number of fused-ring (bicyclic) bond motifs is 1. The van der Waals surface area contributed by atoms with Crippen LogP contribution >= 0.6 is 0 Å². The molecule has 3 N–H and O–H groups in total. The maximum absolute atomic E-state index is 11.2. The van der Waals surface area contributed by atoms with Crippen molar-refractivity contribution in [1.29, 1.82) is 0 Å². The minimum absolute atomic E-state index is 0.118. The number of hydrogen-bond donors (Lipinski definition) is 2. The zero-order chi connectivity index (χ0) is 9.42. The fourth-order valence-corrected chi connectivity index (χ4v) is 1.26. The number of rotatable bonds is 0. The van der Waals surface area contributed by atoms with Crippen LogP contribution in [0.3, 0.4) is 0 Å². The van der Waals surface area contributed by atoms with E-state index in [9.17, 15) is 4.79 Å². The highest BCUT2D eigenvalue weighted by Crippen LogP contribution is 2.14. The molecule has 2 rings (SSSR count). The zero-order valence-corrected chi connectivity index (χ0v) is 7.16. The van der Waals surface area contributed by atoms with Crippen molar-refractivity contribution in [1.82, 2.24) is 9.97 Å². The van der Waals surface area contributed by atoms with E-state index in [1.54, 1.807) is 19.2 Å². The molecule has 0 aromatic carbocycles. The number of nitrogens with one attached hydrogen (secondary N) is 1. The molecule has 2 aromatic heterocycles. The molecule has 0 saturated carbocycles. The number of nitrogen functional groups attached to an aromatic ring is 1. The van der Waals surface area contributed by atoms with Gasteiger partial charge in [-0.15, -0.1) is 0 Å². The van der Waals surface area contributed by atoms with Gasteiger partial charge in [0.2, 0.25) is 0 Å². The van der Waals surface area contributed by atoms with E-state index < -0.39 is 0 Å². The Morgan fingerprint density at radius 3 is 3.08 bits per heavy atom. The summed E-state index contributed by atoms with van der Waals surface area (Å²) >= 11 is 0. The molecule has 0 bridgehead atoms. The highest BCUT2D eigenvalue weighted by molar-refractivity contribution is 5.86. The van der Waals surface area contributed by atoms with Crippen LogP contribution in [0.2, 0.25) is 0 Å². The van der Waals surface area contributed by atoms with Crippen LogP contribution in [0.1, 0.15) is 5.56 Å². The second kappa shape index (κ2) is 2.58. The number of aromatic amines is 1. The highest BCUT2D eigenvalue weighted by atomic mass is 16.1. The Labute approximate surface area is 74.4 Å². The summed E-state index contributed by atoms with van der Waals surface area (Å²) in [4.78, 5) is 17.8. The molecular weight excluding hydrogens is 166 g/mol. The van der Waals surface area contributed by atoms with Gasteiger partial charge in [0, 0.05) is 17.1 Å². The van der Waals surface area contributed by atoms with Gasteiger partial charge in [0.25, 0.3) is 5.56 Å². The Bertz CT molecular complexity index is 516. The lowest BCUT2D eigenvalue weighted by molar-refractivity contribution is 1.22. The topological polar surface area (TPSA) is 71.8 Å². The number of H-pyrrole nitrogens is 1. The van der Waals surface area contributed by atoms with Crippen LogP contribution in [-0.2, 0) is 0 Å². The zero-order valence-electron chi connectivity index (χ0n) is 7.16. The predicted molar refractivity (Wildman–Crippen MR) is 51.5 cm³/mol. The lowest BCUT2D eigenvalue weighted by Gasteiger charge is -2.00. The van der Waals surface area contributed by atoms with Gasteiger partial charge in [-0.25, -0.2) is 4.98 Å². The molecule has 0 aliphatic carbocycles. The Hall–Kier alpha value is -1.84. The van der Waals surface area contributed by atoms with E-state index in [1.165, 1.54) is 0 Å². The molecular formula is C9H9N3O. The summed E-state index contributed by atoms with van der Waals surface area (Å²) < 4.78 is 0. The largest absolute Gasteiger partial charge is 0.382 e. The Morgan fingerprint density at radius 2 is 2.31 bits per heavy atom. The van der Waals surface area contributed by atoms with Gasteiger partial charge in [-0.1, -0.05) is 0 Å². The van der Waals surface area contributed by atoms with Gasteiger partial charge in [-0.3, -0.25) is 4.79 Å². The molecule has 4 heteroatoms. The standard InChI is InChI=1S/C9H9N3O/c1-5-4-6-2-3-11-8(10)7(6)12-9(5)13/h2-4H,1H3,(H2,10,11)(H,12,13). The monoisotopic (exact) mass is 175 g/mol. The summed E-state index contributed by atoms with van der Waals surface area (Å²) in [6.07, 6.45) is 1.62. The molecule has 0 saturated heterocycles. The van der Waals surface area contributed by atoms with Gasteiger partial charge in [0.1, 0.15) is 5.82 Å². The third kappa shape index (κ3) is 1.16. The summed E-state index contributed by atoms with van der Waals surface area (Å²) in [5.41, 5.74) is 6.76. The van der Waals surface area contributed by atoms with Crippen molar-refractivity contribution in [3.8, 4) is 0 Å². The van der Waals surface area contributed by atoms with Gasteiger partial charge in [0.05, 0.1) is 5.52 Å². The third-order valence-corrected chi connectivity index (χ3v) is 1.98. The van der Waals surface area contributed by atoms with Gasteiger partial charge in [0.15, 0.2) is 0 Å². The van der Waals surface area contributed by atoms with E-state index in [4.69, 9.17) is 5.73 Å². The number of nitrogens with two attached hydrogens (primary N) is 1. The van der Waals surface area contributed by atoms with E-state index in [1.807, 2.05) is 6.07 Å². The van der Waals surface area contributed by atoms with E-state index in [0.29, 0.717) is 16.9 Å². The predicted octanol–water partition coefficient (Wildman–Crippen LogP) is 0.814. The molecule has 0 amide bonds. The second-order valence-corrected chi connectivity index (χ2v) is 2.94. The van der Waals surface area contributed by atoms with Crippen LogP contribution in [0.15, 0.2) is 23.1 Å². The van der Waals surface area contributed by atoms with Crippen LogP contribution in [0.5, 0.6) is 0 Å².